The summed E-state index contributed by atoms with van der Waals surface area (Å²) in [5.41, 5.74) is 1.68. The van der Waals surface area contributed by atoms with Crippen LogP contribution in [0, 0.1) is 12.7 Å². The van der Waals surface area contributed by atoms with Crippen LogP contribution in [-0.4, -0.2) is 41.1 Å². The van der Waals surface area contributed by atoms with Crippen LogP contribution in [-0.2, 0) is 0 Å². The van der Waals surface area contributed by atoms with E-state index in [4.69, 9.17) is 4.74 Å². The monoisotopic (exact) mass is 412 g/mol. The van der Waals surface area contributed by atoms with E-state index in [0.717, 1.165) is 16.1 Å². The first-order valence-electron chi connectivity index (χ1n) is 8.97. The van der Waals surface area contributed by atoms with Crippen molar-refractivity contribution in [3.8, 4) is 5.75 Å². The topological polar surface area (TPSA) is 67.4 Å². The van der Waals surface area contributed by atoms with Gasteiger partial charge in [-0.1, -0.05) is 0 Å². The van der Waals surface area contributed by atoms with Crippen molar-refractivity contribution in [3.63, 3.8) is 0 Å². The molecule has 3 rings (SSSR count). The highest BCUT2D eigenvalue weighted by atomic mass is 32.2. The maximum absolute atomic E-state index is 12.9. The zero-order chi connectivity index (χ0) is 20.6. The van der Waals surface area contributed by atoms with Crippen LogP contribution >= 0.6 is 11.8 Å². The molecule has 1 heterocycles. The van der Waals surface area contributed by atoms with Crippen LogP contribution in [0.4, 0.5) is 14.9 Å². The predicted octanol–water partition coefficient (Wildman–Crippen LogP) is 4.62. The van der Waals surface area contributed by atoms with Gasteiger partial charge in [-0.25, -0.2) is 19.2 Å². The molecule has 0 radical (unpaired) electrons. The Morgan fingerprint density at radius 3 is 2.59 bits per heavy atom. The quantitative estimate of drug-likeness (QED) is 0.574. The van der Waals surface area contributed by atoms with Gasteiger partial charge in [0.2, 0.25) is 0 Å². The first-order valence-corrected chi connectivity index (χ1v) is 9.79. The Balaban J connectivity index is 1.50. The van der Waals surface area contributed by atoms with Gasteiger partial charge in [0.1, 0.15) is 18.2 Å². The van der Waals surface area contributed by atoms with Crippen molar-refractivity contribution in [2.45, 2.75) is 17.0 Å². The number of nitrogens with one attached hydrogen (secondary N) is 1. The van der Waals surface area contributed by atoms with E-state index in [-0.39, 0.29) is 11.8 Å². The van der Waals surface area contributed by atoms with Gasteiger partial charge in [0.25, 0.3) is 0 Å². The van der Waals surface area contributed by atoms with Crippen molar-refractivity contribution in [2.24, 2.45) is 0 Å². The molecular formula is C21H21FN4O2S. The fourth-order valence-electron chi connectivity index (χ4n) is 2.43. The number of aryl methyl sites for hydroxylation is 1. The Morgan fingerprint density at radius 1 is 1.17 bits per heavy atom. The van der Waals surface area contributed by atoms with Crippen LogP contribution in [0.5, 0.6) is 5.75 Å². The van der Waals surface area contributed by atoms with Gasteiger partial charge in [0.15, 0.2) is 5.16 Å². The fourth-order valence-corrected chi connectivity index (χ4v) is 3.24. The lowest BCUT2D eigenvalue weighted by molar-refractivity contribution is 0.207. The van der Waals surface area contributed by atoms with Crippen LogP contribution in [0.3, 0.4) is 0 Å². The number of amides is 2. The molecule has 0 aliphatic rings. The number of halogens is 1. The Labute approximate surface area is 173 Å². The maximum Gasteiger partial charge on any atom is 0.321 e. The molecule has 8 heteroatoms. The molecule has 1 aromatic heterocycles. The lowest BCUT2D eigenvalue weighted by atomic mass is 10.2. The summed E-state index contributed by atoms with van der Waals surface area (Å²) < 4.78 is 18.4. The lowest BCUT2D eigenvalue weighted by Crippen LogP contribution is -2.34. The van der Waals surface area contributed by atoms with Gasteiger partial charge < -0.3 is 15.0 Å². The predicted molar refractivity (Wildman–Crippen MR) is 111 cm³/mol. The number of likely N-dealkylation sites (N-methyl/N-ethyl adjacent to an activating group) is 1. The number of rotatable bonds is 7. The second-order valence-electron chi connectivity index (χ2n) is 6.26. The van der Waals surface area contributed by atoms with Crippen LogP contribution < -0.4 is 10.1 Å². The number of aromatic nitrogens is 2. The minimum Gasteiger partial charge on any atom is -0.492 e. The molecule has 0 aliphatic carbocycles. The highest BCUT2D eigenvalue weighted by Gasteiger charge is 2.11. The molecule has 2 amide bonds. The minimum atomic E-state index is -0.315. The van der Waals surface area contributed by atoms with Crippen LogP contribution in [0.15, 0.2) is 71.0 Å². The standard InChI is InChI=1S/C21H21FN4O2S/c1-15-14-18(29-20-23-10-3-11-24-20)8-9-19(15)25-21(27)26(2)12-13-28-17-6-4-16(22)5-7-17/h3-11,14H,12-13H2,1-2H3,(H,25,27). The van der Waals surface area contributed by atoms with Crippen LogP contribution in [0.25, 0.3) is 0 Å². The number of carbonyl (C=O) groups excluding carboxylic acids is 1. The minimum absolute atomic E-state index is 0.234. The summed E-state index contributed by atoms with van der Waals surface area (Å²) in [6, 6.07) is 13.1. The SMILES string of the molecule is Cc1cc(Sc2ncccn2)ccc1NC(=O)N(C)CCOc1ccc(F)cc1. The van der Waals surface area contributed by atoms with Gasteiger partial charge >= 0.3 is 6.03 Å². The number of anilines is 1. The summed E-state index contributed by atoms with van der Waals surface area (Å²) in [4.78, 5) is 23.3. The number of carbonyl (C=O) groups is 1. The molecular weight excluding hydrogens is 391 g/mol. The summed E-state index contributed by atoms with van der Waals surface area (Å²) in [5.74, 6) is 0.247. The van der Waals surface area contributed by atoms with Crippen LogP contribution in [0.1, 0.15) is 5.56 Å². The maximum atomic E-state index is 12.9. The Morgan fingerprint density at radius 2 is 1.90 bits per heavy atom. The molecule has 2 aromatic carbocycles. The molecule has 0 saturated carbocycles. The van der Waals surface area contributed by atoms with Crippen LogP contribution in [0.2, 0.25) is 0 Å². The van der Waals surface area contributed by atoms with Gasteiger partial charge in [0, 0.05) is 30.0 Å². The highest BCUT2D eigenvalue weighted by molar-refractivity contribution is 7.99. The van der Waals surface area contributed by atoms with Gasteiger partial charge in [0.05, 0.1) is 6.54 Å². The van der Waals surface area contributed by atoms with E-state index in [2.05, 4.69) is 15.3 Å². The lowest BCUT2D eigenvalue weighted by Gasteiger charge is -2.19. The largest absolute Gasteiger partial charge is 0.492 e. The first kappa shape index (κ1) is 20.6. The number of urea groups is 1. The van der Waals surface area contributed by atoms with E-state index in [9.17, 15) is 9.18 Å². The summed E-state index contributed by atoms with van der Waals surface area (Å²) >= 11 is 1.46. The molecule has 6 nitrogen and oxygen atoms in total. The third kappa shape index (κ3) is 6.18. The fraction of sp³-hybridized carbons (Fsp3) is 0.190. The average molecular weight is 412 g/mol. The zero-order valence-electron chi connectivity index (χ0n) is 16.1. The average Bonchev–Trinajstić information content (AvgIpc) is 2.72. The normalized spacial score (nSPS) is 10.4. The molecule has 29 heavy (non-hydrogen) atoms. The zero-order valence-corrected chi connectivity index (χ0v) is 16.9. The smallest absolute Gasteiger partial charge is 0.321 e. The van der Waals surface area contributed by atoms with Crippen molar-refractivity contribution in [1.29, 1.82) is 0 Å². The molecule has 0 unspecified atom stereocenters. The Kier molecular flexibility index (Phi) is 7.02. The van der Waals surface area contributed by atoms with Crippen molar-refractivity contribution in [2.75, 3.05) is 25.5 Å². The summed E-state index contributed by atoms with van der Waals surface area (Å²) in [5, 5.41) is 3.57. The Hall–Kier alpha value is -3.13. The van der Waals surface area contributed by atoms with E-state index in [1.807, 2.05) is 25.1 Å². The van der Waals surface area contributed by atoms with Crippen molar-refractivity contribution in [3.05, 3.63) is 72.3 Å². The highest BCUT2D eigenvalue weighted by Crippen LogP contribution is 2.28. The Bertz CT molecular complexity index is 955. The number of benzene rings is 2. The van der Waals surface area contributed by atoms with Crippen molar-refractivity contribution >= 4 is 23.5 Å². The van der Waals surface area contributed by atoms with Gasteiger partial charge in [-0.3, -0.25) is 0 Å². The second kappa shape index (κ2) is 9.88. The van der Waals surface area contributed by atoms with Gasteiger partial charge in [-0.05, 0) is 72.8 Å². The first-order chi connectivity index (χ1) is 14.0. The molecule has 0 spiro atoms. The van der Waals surface area contributed by atoms with E-state index in [1.54, 1.807) is 37.6 Å². The number of hydrogen-bond donors (Lipinski definition) is 1. The van der Waals surface area contributed by atoms with E-state index < -0.39 is 0 Å². The van der Waals surface area contributed by atoms with Gasteiger partial charge in [-0.15, -0.1) is 0 Å². The molecule has 0 saturated heterocycles. The summed E-state index contributed by atoms with van der Waals surface area (Å²) in [7, 11) is 1.69. The molecule has 0 aliphatic heterocycles. The van der Waals surface area contributed by atoms with E-state index in [1.165, 1.54) is 28.8 Å². The number of ether oxygens (including phenoxy) is 1. The molecule has 0 bridgehead atoms. The number of hydrogen-bond acceptors (Lipinski definition) is 5. The summed E-state index contributed by atoms with van der Waals surface area (Å²) in [6.07, 6.45) is 3.40. The van der Waals surface area contributed by atoms with E-state index in [0.29, 0.717) is 24.1 Å². The third-order valence-corrected chi connectivity index (χ3v) is 4.93. The molecule has 3 aromatic rings. The third-order valence-electron chi connectivity index (χ3n) is 4.05. The second-order valence-corrected chi connectivity index (χ2v) is 7.30. The molecule has 0 atom stereocenters. The van der Waals surface area contributed by atoms with Crippen molar-refractivity contribution < 1.29 is 13.9 Å². The molecule has 1 N–H and O–H groups in total. The van der Waals surface area contributed by atoms with Gasteiger partial charge in [-0.2, -0.15) is 0 Å². The summed E-state index contributed by atoms with van der Waals surface area (Å²) in [6.45, 7) is 2.63. The van der Waals surface area contributed by atoms with Crippen molar-refractivity contribution in [1.82, 2.24) is 14.9 Å². The number of nitrogens with zero attached hydrogens (tertiary/aromatic N) is 3. The molecule has 150 valence electrons. The van der Waals surface area contributed by atoms with E-state index >= 15 is 0 Å². The molecule has 0 fully saturated rings.